The van der Waals surface area contributed by atoms with Crippen LogP contribution in [-0.4, -0.2) is 43.8 Å². The summed E-state index contributed by atoms with van der Waals surface area (Å²) in [4.78, 5) is 16.3. The van der Waals surface area contributed by atoms with Gasteiger partial charge in [-0.25, -0.2) is 0 Å². The second-order valence-electron chi connectivity index (χ2n) is 8.46. The topological polar surface area (TPSA) is 57.2 Å². The smallest absolute Gasteiger partial charge is 0.264 e. The highest BCUT2D eigenvalue weighted by molar-refractivity contribution is 7.12. The van der Waals surface area contributed by atoms with Crippen molar-refractivity contribution in [2.45, 2.75) is 46.6 Å². The van der Waals surface area contributed by atoms with Gasteiger partial charge in [0.2, 0.25) is 0 Å². The third-order valence-electron chi connectivity index (χ3n) is 6.19. The van der Waals surface area contributed by atoms with Crippen molar-refractivity contribution >= 4 is 17.2 Å². The van der Waals surface area contributed by atoms with Gasteiger partial charge < -0.3 is 23.8 Å². The molecule has 0 N–H and O–H groups in total. The summed E-state index contributed by atoms with van der Waals surface area (Å²) in [5.74, 6) is 3.00. The van der Waals surface area contributed by atoms with Crippen molar-refractivity contribution in [1.82, 2.24) is 4.90 Å². The Balaban J connectivity index is 1.76. The van der Waals surface area contributed by atoms with Crippen LogP contribution in [0.3, 0.4) is 0 Å². The SMILES string of the molecule is CCOc1ccc(C[C@@H]2c3cc(OCC)c(OCC)cc3CCN2C(=O)c2cccs2)cc1OCC. The number of fused-ring (bicyclic) bond motifs is 1. The second-order valence-corrected chi connectivity index (χ2v) is 9.40. The highest BCUT2D eigenvalue weighted by Gasteiger charge is 2.33. The third kappa shape index (κ3) is 5.62. The van der Waals surface area contributed by atoms with Crippen LogP contribution in [0.2, 0.25) is 0 Å². The molecule has 2 heterocycles. The Hall–Kier alpha value is -3.19. The highest BCUT2D eigenvalue weighted by atomic mass is 32.1. The van der Waals surface area contributed by atoms with Gasteiger partial charge in [0.15, 0.2) is 23.0 Å². The summed E-state index contributed by atoms with van der Waals surface area (Å²) in [5, 5.41) is 1.95. The molecule has 1 aliphatic rings. The number of rotatable bonds is 11. The van der Waals surface area contributed by atoms with E-state index in [-0.39, 0.29) is 11.9 Å². The third-order valence-corrected chi connectivity index (χ3v) is 7.05. The molecule has 192 valence electrons. The number of carbonyl (C=O) groups is 1. The largest absolute Gasteiger partial charge is 0.490 e. The first-order chi connectivity index (χ1) is 17.6. The van der Waals surface area contributed by atoms with E-state index in [1.54, 1.807) is 0 Å². The maximum absolute atomic E-state index is 13.6. The van der Waals surface area contributed by atoms with E-state index < -0.39 is 0 Å². The fraction of sp³-hybridized carbons (Fsp3) is 0.414. The minimum absolute atomic E-state index is 0.0588. The van der Waals surface area contributed by atoms with Gasteiger partial charge in [0.25, 0.3) is 5.91 Å². The van der Waals surface area contributed by atoms with E-state index in [9.17, 15) is 4.79 Å². The van der Waals surface area contributed by atoms with Gasteiger partial charge in [0, 0.05) is 6.54 Å². The summed E-state index contributed by atoms with van der Waals surface area (Å²) in [6.07, 6.45) is 1.42. The van der Waals surface area contributed by atoms with Crippen LogP contribution in [0.15, 0.2) is 47.8 Å². The van der Waals surface area contributed by atoms with Gasteiger partial charge in [-0.05, 0) is 92.9 Å². The molecule has 1 aliphatic heterocycles. The van der Waals surface area contributed by atoms with E-state index in [4.69, 9.17) is 18.9 Å². The summed E-state index contributed by atoms with van der Waals surface area (Å²) < 4.78 is 23.5. The van der Waals surface area contributed by atoms with E-state index >= 15 is 0 Å². The number of ether oxygens (including phenoxy) is 4. The Bertz CT molecular complexity index is 1160. The van der Waals surface area contributed by atoms with Gasteiger partial charge in [-0.2, -0.15) is 0 Å². The Kier molecular flexibility index (Phi) is 8.75. The molecule has 1 atom stereocenters. The lowest BCUT2D eigenvalue weighted by Gasteiger charge is -2.38. The van der Waals surface area contributed by atoms with Crippen molar-refractivity contribution in [3.63, 3.8) is 0 Å². The van der Waals surface area contributed by atoms with Gasteiger partial charge in [0.1, 0.15) is 0 Å². The first kappa shape index (κ1) is 25.9. The predicted octanol–water partition coefficient (Wildman–Crippen LogP) is 6.33. The number of benzene rings is 2. The van der Waals surface area contributed by atoms with E-state index in [0.29, 0.717) is 39.4 Å². The molecule has 0 saturated carbocycles. The molecule has 0 bridgehead atoms. The minimum atomic E-state index is -0.148. The molecule has 2 aromatic carbocycles. The van der Waals surface area contributed by atoms with Crippen LogP contribution in [0.5, 0.6) is 23.0 Å². The van der Waals surface area contributed by atoms with E-state index in [1.807, 2.05) is 62.2 Å². The van der Waals surface area contributed by atoms with Crippen LogP contribution in [0.1, 0.15) is 60.1 Å². The van der Waals surface area contributed by atoms with Gasteiger partial charge in [0.05, 0.1) is 37.3 Å². The molecule has 4 rings (SSSR count). The van der Waals surface area contributed by atoms with Crippen LogP contribution >= 0.6 is 11.3 Å². The van der Waals surface area contributed by atoms with E-state index in [2.05, 4.69) is 18.2 Å². The first-order valence-electron chi connectivity index (χ1n) is 12.7. The van der Waals surface area contributed by atoms with Crippen LogP contribution < -0.4 is 18.9 Å². The van der Waals surface area contributed by atoms with Crippen molar-refractivity contribution in [3.8, 4) is 23.0 Å². The molecular weight excluding hydrogens is 474 g/mol. The van der Waals surface area contributed by atoms with E-state index in [0.717, 1.165) is 45.4 Å². The van der Waals surface area contributed by atoms with Gasteiger partial charge in [-0.15, -0.1) is 11.3 Å². The molecule has 0 unspecified atom stereocenters. The zero-order valence-electron chi connectivity index (χ0n) is 21.5. The van der Waals surface area contributed by atoms with Crippen LogP contribution in [0.25, 0.3) is 0 Å². The Morgan fingerprint density at radius 1 is 0.861 bits per heavy atom. The Labute approximate surface area is 217 Å². The zero-order valence-corrected chi connectivity index (χ0v) is 22.4. The average Bonchev–Trinajstić information content (AvgIpc) is 3.42. The van der Waals surface area contributed by atoms with Crippen molar-refractivity contribution in [2.24, 2.45) is 0 Å². The highest BCUT2D eigenvalue weighted by Crippen LogP contribution is 2.41. The van der Waals surface area contributed by atoms with Crippen molar-refractivity contribution in [1.29, 1.82) is 0 Å². The predicted molar refractivity (Wildman–Crippen MR) is 143 cm³/mol. The lowest BCUT2D eigenvalue weighted by molar-refractivity contribution is 0.0664. The summed E-state index contributed by atoms with van der Waals surface area (Å²) in [5.41, 5.74) is 3.37. The maximum Gasteiger partial charge on any atom is 0.264 e. The minimum Gasteiger partial charge on any atom is -0.490 e. The van der Waals surface area contributed by atoms with Gasteiger partial charge in [-0.1, -0.05) is 12.1 Å². The van der Waals surface area contributed by atoms with Gasteiger partial charge in [-0.3, -0.25) is 4.79 Å². The van der Waals surface area contributed by atoms with Crippen LogP contribution in [0.4, 0.5) is 0 Å². The molecule has 0 saturated heterocycles. The first-order valence-corrected chi connectivity index (χ1v) is 13.6. The average molecular weight is 510 g/mol. The lowest BCUT2D eigenvalue weighted by atomic mass is 9.88. The normalized spacial score (nSPS) is 14.8. The standard InChI is InChI=1S/C29H35NO5S/c1-5-32-24-12-11-20(17-25(24)33-6-2)16-23-22-19-27(35-8-4)26(34-7-3)18-21(22)13-14-30(23)29(31)28-10-9-15-36-28/h9-12,15,17-19,23H,5-8,13-14,16H2,1-4H3/t23-/m1/s1. The molecule has 1 aromatic heterocycles. The van der Waals surface area contributed by atoms with Gasteiger partial charge >= 0.3 is 0 Å². The molecule has 0 aliphatic carbocycles. The summed E-state index contributed by atoms with van der Waals surface area (Å²) in [6.45, 7) is 10.7. The number of hydrogen-bond acceptors (Lipinski definition) is 6. The molecule has 0 fully saturated rings. The second kappa shape index (κ2) is 12.2. The number of carbonyl (C=O) groups excluding carboxylic acids is 1. The fourth-order valence-electron chi connectivity index (χ4n) is 4.70. The fourth-order valence-corrected chi connectivity index (χ4v) is 5.38. The summed E-state index contributed by atoms with van der Waals surface area (Å²) in [6, 6.07) is 13.9. The molecule has 36 heavy (non-hydrogen) atoms. The van der Waals surface area contributed by atoms with E-state index in [1.165, 1.54) is 16.9 Å². The monoisotopic (exact) mass is 509 g/mol. The lowest BCUT2D eigenvalue weighted by Crippen LogP contribution is -2.40. The van der Waals surface area contributed by atoms with Crippen molar-refractivity contribution < 1.29 is 23.7 Å². The molecule has 6 nitrogen and oxygen atoms in total. The summed E-state index contributed by atoms with van der Waals surface area (Å²) in [7, 11) is 0. The molecular formula is C29H35NO5S. The van der Waals surface area contributed by atoms with Crippen molar-refractivity contribution in [2.75, 3.05) is 33.0 Å². The number of thiophene rings is 1. The van der Waals surface area contributed by atoms with Crippen LogP contribution in [-0.2, 0) is 12.8 Å². The van der Waals surface area contributed by atoms with Crippen molar-refractivity contribution in [3.05, 3.63) is 69.4 Å². The molecule has 1 amide bonds. The van der Waals surface area contributed by atoms with Crippen LogP contribution in [0, 0.1) is 0 Å². The number of nitrogens with zero attached hydrogens (tertiary/aromatic N) is 1. The zero-order chi connectivity index (χ0) is 25.5. The molecule has 0 spiro atoms. The molecule has 7 heteroatoms. The molecule has 3 aromatic rings. The number of hydrogen-bond donors (Lipinski definition) is 0. The Morgan fingerprint density at radius 3 is 2.14 bits per heavy atom. The number of amides is 1. The maximum atomic E-state index is 13.6. The summed E-state index contributed by atoms with van der Waals surface area (Å²) >= 11 is 1.48. The quantitative estimate of drug-likeness (QED) is 0.303. The molecule has 0 radical (unpaired) electrons. The Morgan fingerprint density at radius 2 is 1.50 bits per heavy atom.